The van der Waals surface area contributed by atoms with E-state index in [0.717, 1.165) is 29.6 Å². The van der Waals surface area contributed by atoms with E-state index in [4.69, 9.17) is 11.6 Å². The highest BCUT2D eigenvalue weighted by atomic mass is 35.5. The summed E-state index contributed by atoms with van der Waals surface area (Å²) in [7, 11) is 0. The Hall–Kier alpha value is -1.35. The summed E-state index contributed by atoms with van der Waals surface area (Å²) in [5, 5.41) is 4.54. The fourth-order valence-corrected chi connectivity index (χ4v) is 2.45. The molecule has 0 saturated carbocycles. The van der Waals surface area contributed by atoms with Gasteiger partial charge in [0.25, 0.3) is 0 Å². The average molecular weight is 264 g/mol. The fraction of sp³-hybridized carbons (Fsp3) is 0.429. The Labute approximate surface area is 113 Å². The first-order valence-corrected chi connectivity index (χ1v) is 6.82. The normalized spacial score (nSPS) is 11.7. The molecule has 1 N–H and O–H groups in total. The highest BCUT2D eigenvalue weighted by Gasteiger charge is 2.25. The van der Waals surface area contributed by atoms with Crippen LogP contribution in [-0.4, -0.2) is 21.4 Å². The maximum absolute atomic E-state index is 6.12. The molecule has 0 saturated heterocycles. The molecule has 1 aromatic carbocycles. The van der Waals surface area contributed by atoms with Crippen molar-refractivity contribution in [2.45, 2.75) is 32.2 Å². The van der Waals surface area contributed by atoms with E-state index in [9.17, 15) is 0 Å². The number of rotatable bonds is 5. The third-order valence-electron chi connectivity index (χ3n) is 3.54. The molecule has 4 heteroatoms. The molecule has 0 spiro atoms. The quantitative estimate of drug-likeness (QED) is 0.833. The zero-order valence-corrected chi connectivity index (χ0v) is 11.5. The summed E-state index contributed by atoms with van der Waals surface area (Å²) in [6.45, 7) is 4.28. The van der Waals surface area contributed by atoms with Crippen molar-refractivity contribution in [3.8, 4) is 0 Å². The van der Waals surface area contributed by atoms with Gasteiger partial charge in [-0.3, -0.25) is 0 Å². The van der Waals surface area contributed by atoms with E-state index in [-0.39, 0.29) is 5.54 Å². The number of anilines is 1. The number of para-hydroxylation sites is 1. The van der Waals surface area contributed by atoms with Crippen LogP contribution in [0.2, 0.25) is 0 Å². The van der Waals surface area contributed by atoms with Crippen LogP contribution in [0.25, 0.3) is 10.9 Å². The molecule has 0 amide bonds. The number of nitrogens with zero attached hydrogens (tertiary/aromatic N) is 2. The van der Waals surface area contributed by atoms with Gasteiger partial charge in [0.15, 0.2) is 0 Å². The van der Waals surface area contributed by atoms with Gasteiger partial charge in [-0.25, -0.2) is 9.97 Å². The Morgan fingerprint density at radius 3 is 2.56 bits per heavy atom. The Morgan fingerprint density at radius 2 is 1.89 bits per heavy atom. The Morgan fingerprint density at radius 1 is 1.17 bits per heavy atom. The van der Waals surface area contributed by atoms with Crippen molar-refractivity contribution < 1.29 is 0 Å². The molecule has 2 rings (SSSR count). The van der Waals surface area contributed by atoms with E-state index in [1.54, 1.807) is 6.33 Å². The predicted molar refractivity (Wildman–Crippen MR) is 77.2 cm³/mol. The van der Waals surface area contributed by atoms with Gasteiger partial charge in [0, 0.05) is 11.3 Å². The van der Waals surface area contributed by atoms with Crippen LogP contribution in [0, 0.1) is 0 Å². The van der Waals surface area contributed by atoms with Crippen LogP contribution < -0.4 is 5.32 Å². The molecule has 2 aromatic rings. The van der Waals surface area contributed by atoms with Gasteiger partial charge in [0.05, 0.1) is 11.1 Å². The maximum Gasteiger partial charge on any atom is 0.137 e. The molecule has 3 nitrogen and oxygen atoms in total. The zero-order valence-electron chi connectivity index (χ0n) is 10.8. The lowest BCUT2D eigenvalue weighted by molar-refractivity contribution is 0.483. The van der Waals surface area contributed by atoms with Crippen molar-refractivity contribution in [3.05, 3.63) is 30.6 Å². The average Bonchev–Trinajstić information content (AvgIpc) is 2.45. The molecule has 0 unspecified atom stereocenters. The van der Waals surface area contributed by atoms with E-state index >= 15 is 0 Å². The second-order valence-electron chi connectivity index (χ2n) is 4.49. The molecule has 96 valence electrons. The van der Waals surface area contributed by atoms with E-state index in [1.807, 2.05) is 24.3 Å². The summed E-state index contributed by atoms with van der Waals surface area (Å²) in [6, 6.07) is 8.00. The van der Waals surface area contributed by atoms with Crippen LogP contribution in [0.5, 0.6) is 0 Å². The van der Waals surface area contributed by atoms with Gasteiger partial charge >= 0.3 is 0 Å². The smallest absolute Gasteiger partial charge is 0.137 e. The van der Waals surface area contributed by atoms with Gasteiger partial charge in [-0.15, -0.1) is 11.6 Å². The number of hydrogen-bond donors (Lipinski definition) is 1. The molecule has 0 aliphatic heterocycles. The molecular formula is C14H18ClN3. The van der Waals surface area contributed by atoms with Gasteiger partial charge in [0.1, 0.15) is 12.1 Å². The summed E-state index contributed by atoms with van der Waals surface area (Å²) in [4.78, 5) is 8.62. The molecular weight excluding hydrogens is 246 g/mol. The van der Waals surface area contributed by atoms with Crippen molar-refractivity contribution in [1.29, 1.82) is 0 Å². The molecule has 0 bridgehead atoms. The van der Waals surface area contributed by atoms with Gasteiger partial charge < -0.3 is 5.32 Å². The van der Waals surface area contributed by atoms with Crippen LogP contribution >= 0.6 is 11.6 Å². The number of benzene rings is 1. The lowest BCUT2D eigenvalue weighted by Gasteiger charge is -2.31. The van der Waals surface area contributed by atoms with Gasteiger partial charge in [-0.2, -0.15) is 0 Å². The van der Waals surface area contributed by atoms with Crippen molar-refractivity contribution in [3.63, 3.8) is 0 Å². The molecule has 0 atom stereocenters. The first-order chi connectivity index (χ1) is 8.74. The fourth-order valence-electron chi connectivity index (χ4n) is 2.00. The standard InChI is InChI=1S/C14H18ClN3/c1-3-14(4-2,9-15)18-13-11-7-5-6-8-12(11)16-10-17-13/h5-8,10H,3-4,9H2,1-2H3,(H,16,17,18). The van der Waals surface area contributed by atoms with Gasteiger partial charge in [-0.1, -0.05) is 26.0 Å². The number of aromatic nitrogens is 2. The summed E-state index contributed by atoms with van der Waals surface area (Å²) in [6.07, 6.45) is 3.52. The minimum atomic E-state index is -0.0985. The molecule has 1 heterocycles. The number of nitrogens with one attached hydrogen (secondary N) is 1. The minimum absolute atomic E-state index is 0.0985. The van der Waals surface area contributed by atoms with E-state index < -0.39 is 0 Å². The van der Waals surface area contributed by atoms with E-state index in [0.29, 0.717) is 5.88 Å². The zero-order chi connectivity index (χ0) is 13.0. The van der Waals surface area contributed by atoms with Crippen molar-refractivity contribution in [1.82, 2.24) is 9.97 Å². The van der Waals surface area contributed by atoms with Crippen LogP contribution in [0.3, 0.4) is 0 Å². The second kappa shape index (κ2) is 5.53. The number of alkyl halides is 1. The number of hydrogen-bond acceptors (Lipinski definition) is 3. The largest absolute Gasteiger partial charge is 0.363 e. The maximum atomic E-state index is 6.12. The molecule has 0 aliphatic rings. The second-order valence-corrected chi connectivity index (χ2v) is 4.75. The monoisotopic (exact) mass is 263 g/mol. The van der Waals surface area contributed by atoms with Crippen LogP contribution in [0.15, 0.2) is 30.6 Å². The SMILES string of the molecule is CCC(CC)(CCl)Nc1ncnc2ccccc12. The summed E-state index contributed by atoms with van der Waals surface area (Å²) >= 11 is 6.12. The predicted octanol–water partition coefficient (Wildman–Crippen LogP) is 3.84. The highest BCUT2D eigenvalue weighted by Crippen LogP contribution is 2.26. The lowest BCUT2D eigenvalue weighted by atomic mass is 9.95. The first kappa shape index (κ1) is 13.1. The lowest BCUT2D eigenvalue weighted by Crippen LogP contribution is -2.39. The number of fused-ring (bicyclic) bond motifs is 1. The first-order valence-electron chi connectivity index (χ1n) is 6.28. The molecule has 0 aliphatic carbocycles. The Bertz CT molecular complexity index is 510. The van der Waals surface area contributed by atoms with Crippen LogP contribution in [-0.2, 0) is 0 Å². The van der Waals surface area contributed by atoms with Gasteiger partial charge in [0.2, 0.25) is 0 Å². The summed E-state index contributed by atoms with van der Waals surface area (Å²) in [5.41, 5.74) is 0.851. The molecule has 18 heavy (non-hydrogen) atoms. The highest BCUT2D eigenvalue weighted by molar-refractivity contribution is 6.18. The van der Waals surface area contributed by atoms with E-state index in [1.165, 1.54) is 0 Å². The Balaban J connectivity index is 2.42. The van der Waals surface area contributed by atoms with Crippen LogP contribution in [0.4, 0.5) is 5.82 Å². The molecule has 0 radical (unpaired) electrons. The topological polar surface area (TPSA) is 37.8 Å². The van der Waals surface area contributed by atoms with Crippen molar-refractivity contribution >= 4 is 28.3 Å². The third-order valence-corrected chi connectivity index (χ3v) is 4.05. The molecule has 1 aromatic heterocycles. The van der Waals surface area contributed by atoms with Crippen LogP contribution in [0.1, 0.15) is 26.7 Å². The van der Waals surface area contributed by atoms with Gasteiger partial charge in [-0.05, 0) is 25.0 Å². The Kier molecular flexibility index (Phi) is 4.02. The van der Waals surface area contributed by atoms with Crippen molar-refractivity contribution in [2.24, 2.45) is 0 Å². The van der Waals surface area contributed by atoms with Crippen molar-refractivity contribution in [2.75, 3.05) is 11.2 Å². The summed E-state index contributed by atoms with van der Waals surface area (Å²) < 4.78 is 0. The van der Waals surface area contributed by atoms with E-state index in [2.05, 4.69) is 29.1 Å². The summed E-state index contributed by atoms with van der Waals surface area (Å²) in [5.74, 6) is 1.43. The molecule has 0 fully saturated rings. The minimum Gasteiger partial charge on any atom is -0.363 e. The third kappa shape index (κ3) is 2.41. The number of halogens is 1.